The summed E-state index contributed by atoms with van der Waals surface area (Å²) in [6.45, 7) is 25.6. The third kappa shape index (κ3) is 19.0. The highest BCUT2D eigenvalue weighted by Gasteiger charge is 2.30. The van der Waals surface area contributed by atoms with E-state index >= 15 is 0 Å². The predicted molar refractivity (Wildman–Crippen MR) is 264 cm³/mol. The summed E-state index contributed by atoms with van der Waals surface area (Å²) >= 11 is 0. The number of nitrogens with two attached hydrogens (primary N) is 1. The van der Waals surface area contributed by atoms with E-state index < -0.39 is 35.8 Å². The molecule has 1 unspecified atom stereocenters. The fraction of sp³-hybridized carbons (Fsp3) is 0.353. The average Bonchev–Trinajstić information content (AvgIpc) is 3.95. The van der Waals surface area contributed by atoms with E-state index in [9.17, 15) is 19.2 Å². The van der Waals surface area contributed by atoms with E-state index in [1.54, 1.807) is 36.8 Å². The van der Waals surface area contributed by atoms with Gasteiger partial charge in [0.1, 0.15) is 18.1 Å². The van der Waals surface area contributed by atoms with Crippen LogP contribution < -0.4 is 27.0 Å². The van der Waals surface area contributed by atoms with Gasteiger partial charge in [-0.1, -0.05) is 129 Å². The average molecular weight is 863 g/mol. The minimum atomic E-state index is -1.09. The van der Waals surface area contributed by atoms with Crippen molar-refractivity contribution in [2.45, 2.75) is 106 Å². The first-order valence-corrected chi connectivity index (χ1v) is 22.1. The molecule has 3 atom stereocenters. The first kappa shape index (κ1) is 56.5. The molecule has 0 bridgehead atoms. The summed E-state index contributed by atoms with van der Waals surface area (Å²) in [5.74, 6) is -2.02. The van der Waals surface area contributed by atoms with E-state index in [4.69, 9.17) is 0 Å². The minimum absolute atomic E-state index is 0.124. The van der Waals surface area contributed by atoms with Gasteiger partial charge in [-0.15, -0.1) is 0 Å². The number of pyridine rings is 1. The molecular formula is C51H74N8O4. The lowest BCUT2D eigenvalue weighted by atomic mass is 10.00. The predicted octanol–water partition coefficient (Wildman–Crippen LogP) is 8.27. The molecule has 12 nitrogen and oxygen atoms in total. The standard InChI is InChI=1S/C42H45N7O4.4C2H6.CH5N/c1-4-12-32-31(27-45-34(32)5-2)25-38(47-39(50)6-3)42(53)49-37(23-28-13-8-7-9-14-28)41(52)48-36(24-29-17-20-43-21-18-29)40(51)44-22-19-30-26-46-35-16-11-10-15-33(30)35;5*1-2/h4-18,20-21,26-27,36-38,45-46H,2-3,19,22-25H2,1H3,(H,44,51)(H,47,50)(H,48,52)(H,49,53);4*1-2H3;2H2,1H3/b12-4-;;;;;/t36-,37-,38?;;;;;/m0...../s1. The molecule has 63 heavy (non-hydrogen) atoms. The molecule has 5 rings (SSSR count). The van der Waals surface area contributed by atoms with Crippen molar-refractivity contribution in [1.82, 2.24) is 36.2 Å². The Balaban J connectivity index is 0.00000358. The number of hydrogen-bond donors (Lipinski definition) is 7. The van der Waals surface area contributed by atoms with Crippen molar-refractivity contribution < 1.29 is 19.2 Å². The second-order valence-corrected chi connectivity index (χ2v) is 12.6. The highest BCUT2D eigenvalue weighted by atomic mass is 16.2. The maximum atomic E-state index is 14.2. The zero-order valence-corrected chi connectivity index (χ0v) is 39.3. The van der Waals surface area contributed by atoms with E-state index in [0.29, 0.717) is 13.0 Å². The summed E-state index contributed by atoms with van der Waals surface area (Å²) in [5, 5.41) is 12.6. The van der Waals surface area contributed by atoms with Crippen LogP contribution in [0.2, 0.25) is 0 Å². The lowest BCUT2D eigenvalue weighted by molar-refractivity contribution is -0.133. The molecule has 0 aliphatic heterocycles. The molecule has 12 heteroatoms. The van der Waals surface area contributed by atoms with E-state index in [1.807, 2.05) is 135 Å². The number of amides is 4. The van der Waals surface area contributed by atoms with Crippen molar-refractivity contribution in [3.63, 3.8) is 0 Å². The molecule has 3 aromatic heterocycles. The Kier molecular flexibility index (Phi) is 30.6. The van der Waals surface area contributed by atoms with Crippen LogP contribution in [0.5, 0.6) is 0 Å². The van der Waals surface area contributed by atoms with Gasteiger partial charge >= 0.3 is 0 Å². The molecule has 5 aromatic rings. The molecule has 0 spiro atoms. The fourth-order valence-electron chi connectivity index (χ4n) is 6.20. The molecule has 2 aromatic carbocycles. The number of allylic oxidation sites excluding steroid dienone is 1. The van der Waals surface area contributed by atoms with E-state index in [2.05, 4.69) is 55.1 Å². The van der Waals surface area contributed by atoms with Crippen LogP contribution in [-0.2, 0) is 44.9 Å². The number of benzene rings is 2. The van der Waals surface area contributed by atoms with Gasteiger partial charge < -0.3 is 37.0 Å². The van der Waals surface area contributed by atoms with Crippen LogP contribution in [0.15, 0.2) is 117 Å². The monoisotopic (exact) mass is 863 g/mol. The second-order valence-electron chi connectivity index (χ2n) is 12.6. The fourth-order valence-corrected chi connectivity index (χ4v) is 6.20. The normalized spacial score (nSPS) is 11.2. The molecule has 3 heterocycles. The Morgan fingerprint density at radius 2 is 1.19 bits per heavy atom. The van der Waals surface area contributed by atoms with Gasteiger partial charge in [0.05, 0.1) is 0 Å². The maximum absolute atomic E-state index is 14.2. The van der Waals surface area contributed by atoms with Crippen molar-refractivity contribution in [2.24, 2.45) is 5.73 Å². The quantitative estimate of drug-likeness (QED) is 0.0435. The highest BCUT2D eigenvalue weighted by molar-refractivity contribution is 5.96. The smallest absolute Gasteiger partial charge is 0.244 e. The highest BCUT2D eigenvalue weighted by Crippen LogP contribution is 2.20. The maximum Gasteiger partial charge on any atom is 0.244 e. The summed E-state index contributed by atoms with van der Waals surface area (Å²) < 4.78 is 0. The Hall–Kier alpha value is -6.53. The van der Waals surface area contributed by atoms with Gasteiger partial charge in [-0.25, -0.2) is 0 Å². The van der Waals surface area contributed by atoms with Crippen molar-refractivity contribution in [2.75, 3.05) is 13.6 Å². The summed E-state index contributed by atoms with van der Waals surface area (Å²) in [6.07, 6.45) is 14.5. The first-order valence-electron chi connectivity index (χ1n) is 22.1. The Bertz CT molecular complexity index is 2070. The third-order valence-corrected chi connectivity index (χ3v) is 8.92. The van der Waals surface area contributed by atoms with Crippen LogP contribution in [-0.4, -0.2) is 70.3 Å². The summed E-state index contributed by atoms with van der Waals surface area (Å²) in [6, 6.07) is 17.7. The molecule has 8 N–H and O–H groups in total. The van der Waals surface area contributed by atoms with Crippen molar-refractivity contribution in [3.05, 3.63) is 150 Å². The summed E-state index contributed by atoms with van der Waals surface area (Å²) in [5.41, 5.74) is 10.6. The number of nitrogens with zero attached hydrogens (tertiary/aromatic N) is 1. The van der Waals surface area contributed by atoms with Gasteiger partial charge in [0.2, 0.25) is 23.6 Å². The number of fused-ring (bicyclic) bond motifs is 1. The molecule has 0 aliphatic rings. The number of hydrogen-bond acceptors (Lipinski definition) is 6. The first-order chi connectivity index (χ1) is 30.8. The van der Waals surface area contributed by atoms with Crippen molar-refractivity contribution in [3.8, 4) is 0 Å². The van der Waals surface area contributed by atoms with Gasteiger partial charge in [0.15, 0.2) is 0 Å². The van der Waals surface area contributed by atoms with Crippen LogP contribution in [0.4, 0.5) is 0 Å². The molecule has 0 saturated carbocycles. The second kappa shape index (κ2) is 34.1. The molecule has 0 saturated heterocycles. The van der Waals surface area contributed by atoms with Crippen molar-refractivity contribution in [1.29, 1.82) is 0 Å². The van der Waals surface area contributed by atoms with Crippen molar-refractivity contribution >= 4 is 46.7 Å². The SMILES string of the molecule is C=CC(=O)NC(Cc1c[nH]c(C=C)c1/C=C\C)C(=O)N[C@@H](Cc1ccccc1)C(=O)N[C@@H](Cc1ccncc1)C(=O)NCCc1c[nH]c2ccccc12.CC.CC.CC.CC.CN. The largest absolute Gasteiger partial charge is 0.361 e. The number of carbonyl (C=O) groups excluding carboxylic acids is 4. The van der Waals surface area contributed by atoms with Crippen LogP contribution in [0.1, 0.15) is 95.8 Å². The molecule has 342 valence electrons. The van der Waals surface area contributed by atoms with E-state index in [1.165, 1.54) is 7.05 Å². The van der Waals surface area contributed by atoms with Crippen LogP contribution in [0.3, 0.4) is 0 Å². The van der Waals surface area contributed by atoms with Gasteiger partial charge in [-0.05, 0) is 73.0 Å². The lowest BCUT2D eigenvalue weighted by Crippen LogP contribution is -2.58. The van der Waals surface area contributed by atoms with Crippen LogP contribution in [0, 0.1) is 0 Å². The topological polar surface area (TPSA) is 187 Å². The minimum Gasteiger partial charge on any atom is -0.361 e. The number of aromatic nitrogens is 3. The molecule has 0 fully saturated rings. The van der Waals surface area contributed by atoms with Gasteiger partial charge in [0.25, 0.3) is 0 Å². The zero-order chi connectivity index (χ0) is 47.6. The number of carbonyl (C=O) groups is 4. The number of nitrogens with one attached hydrogen (secondary N) is 6. The number of rotatable bonds is 18. The molecule has 0 aliphatic carbocycles. The van der Waals surface area contributed by atoms with Gasteiger partial charge in [0, 0.05) is 72.8 Å². The molecule has 0 radical (unpaired) electrons. The Labute approximate surface area is 376 Å². The summed E-state index contributed by atoms with van der Waals surface area (Å²) in [7, 11) is 1.50. The summed E-state index contributed by atoms with van der Waals surface area (Å²) in [4.78, 5) is 65.0. The van der Waals surface area contributed by atoms with Gasteiger partial charge in [-0.2, -0.15) is 0 Å². The third-order valence-electron chi connectivity index (χ3n) is 8.92. The van der Waals surface area contributed by atoms with Crippen LogP contribution in [0.25, 0.3) is 23.1 Å². The van der Waals surface area contributed by atoms with Gasteiger partial charge in [-0.3, -0.25) is 24.2 Å². The van der Waals surface area contributed by atoms with E-state index in [-0.39, 0.29) is 25.2 Å². The Morgan fingerprint density at radius 1 is 0.667 bits per heavy atom. The number of H-pyrrole nitrogens is 2. The van der Waals surface area contributed by atoms with Crippen LogP contribution >= 0.6 is 0 Å². The lowest BCUT2D eigenvalue weighted by Gasteiger charge is -2.25. The van der Waals surface area contributed by atoms with E-state index in [0.717, 1.165) is 50.5 Å². The Morgan fingerprint density at radius 3 is 1.76 bits per heavy atom. The number of aromatic amines is 2. The molecular weight excluding hydrogens is 789 g/mol. The molecule has 4 amide bonds. The number of para-hydroxylation sites is 1. The zero-order valence-electron chi connectivity index (χ0n) is 39.3.